The van der Waals surface area contributed by atoms with Gasteiger partial charge in [0.1, 0.15) is 5.82 Å². The van der Waals surface area contributed by atoms with Gasteiger partial charge in [-0.15, -0.1) is 0 Å². The van der Waals surface area contributed by atoms with E-state index < -0.39 is 11.9 Å². The average Bonchev–Trinajstić information content (AvgIpc) is 3.53. The molecule has 1 aliphatic carbocycles. The number of pyridine rings is 1. The molecule has 11 heteroatoms. The lowest BCUT2D eigenvalue weighted by Gasteiger charge is -2.29. The molecule has 2 aliphatic heterocycles. The molecule has 2 aromatic heterocycles. The minimum atomic E-state index is -0.966. The predicted molar refractivity (Wildman–Crippen MR) is 155 cm³/mol. The van der Waals surface area contributed by atoms with Crippen molar-refractivity contribution in [3.8, 4) is 22.5 Å². The Balaban J connectivity index is 1.25. The van der Waals surface area contributed by atoms with Gasteiger partial charge < -0.3 is 9.84 Å². The highest BCUT2D eigenvalue weighted by molar-refractivity contribution is 7.10. The minimum absolute atomic E-state index is 0.0227. The van der Waals surface area contributed by atoms with Crippen molar-refractivity contribution in [2.45, 2.75) is 57.4 Å². The standard InChI is InChI=1S/C30H33N5O5S/c36-26-6-3-13-34(26)25-10-7-20(18-31-25)23-4-1-2-5-24(23)28-32-30(41-33-28)35(22-8-9-22)29(39)21(17-27(37)38)16-19-11-14-40-15-12-19/h1-2,4-5,7,10,18-19,21-22H,3,6,8-9,11-17H2,(H,37,38). The largest absolute Gasteiger partial charge is 0.481 e. The third-order valence-electron chi connectivity index (χ3n) is 8.08. The number of carboxylic acid groups (broad SMARTS) is 1. The van der Waals surface area contributed by atoms with Gasteiger partial charge in [-0.25, -0.2) is 4.98 Å². The zero-order valence-electron chi connectivity index (χ0n) is 22.8. The van der Waals surface area contributed by atoms with E-state index in [1.165, 1.54) is 11.5 Å². The van der Waals surface area contributed by atoms with Gasteiger partial charge in [0, 0.05) is 67.0 Å². The number of aliphatic carboxylic acids is 1. The molecule has 214 valence electrons. The number of ether oxygens (including phenoxy) is 1. The van der Waals surface area contributed by atoms with Gasteiger partial charge >= 0.3 is 5.97 Å². The summed E-state index contributed by atoms with van der Waals surface area (Å²) >= 11 is 1.17. The molecule has 1 atom stereocenters. The van der Waals surface area contributed by atoms with E-state index in [0.29, 0.717) is 49.4 Å². The summed E-state index contributed by atoms with van der Waals surface area (Å²) in [5.74, 6) is -0.213. The Kier molecular flexibility index (Phi) is 8.06. The van der Waals surface area contributed by atoms with Crippen molar-refractivity contribution in [1.82, 2.24) is 14.3 Å². The molecule has 1 unspecified atom stereocenters. The summed E-state index contributed by atoms with van der Waals surface area (Å²) in [4.78, 5) is 50.5. The van der Waals surface area contributed by atoms with E-state index >= 15 is 0 Å². The lowest BCUT2D eigenvalue weighted by atomic mass is 9.86. The van der Waals surface area contributed by atoms with E-state index in [-0.39, 0.29) is 30.2 Å². The molecule has 1 aromatic carbocycles. The molecule has 0 spiro atoms. The predicted octanol–water partition coefficient (Wildman–Crippen LogP) is 4.80. The molecule has 10 nitrogen and oxygen atoms in total. The molecule has 4 heterocycles. The zero-order valence-corrected chi connectivity index (χ0v) is 23.6. The smallest absolute Gasteiger partial charge is 0.304 e. The van der Waals surface area contributed by atoms with Crippen LogP contribution < -0.4 is 9.80 Å². The van der Waals surface area contributed by atoms with Crippen LogP contribution in [0.5, 0.6) is 0 Å². The van der Waals surface area contributed by atoms with Gasteiger partial charge in [-0.3, -0.25) is 24.2 Å². The Bertz CT molecular complexity index is 1420. The first kappa shape index (κ1) is 27.5. The first-order chi connectivity index (χ1) is 20.0. The Hall–Kier alpha value is -3.70. The summed E-state index contributed by atoms with van der Waals surface area (Å²) < 4.78 is 10.1. The Morgan fingerprint density at radius 1 is 1.10 bits per heavy atom. The van der Waals surface area contributed by atoms with Crippen molar-refractivity contribution >= 4 is 40.3 Å². The number of carboxylic acids is 1. The van der Waals surface area contributed by atoms with E-state index in [2.05, 4.69) is 9.36 Å². The molecule has 1 saturated carbocycles. The van der Waals surface area contributed by atoms with E-state index in [9.17, 15) is 19.5 Å². The number of nitrogens with zero attached hydrogens (tertiary/aromatic N) is 5. The van der Waals surface area contributed by atoms with Gasteiger partial charge in [-0.05, 0) is 62.1 Å². The van der Waals surface area contributed by atoms with Crippen LogP contribution in [0, 0.1) is 11.8 Å². The van der Waals surface area contributed by atoms with Crippen molar-refractivity contribution in [3.63, 3.8) is 0 Å². The fraction of sp³-hybridized carbons (Fsp3) is 0.467. The maximum atomic E-state index is 13.9. The monoisotopic (exact) mass is 575 g/mol. The fourth-order valence-corrected chi connectivity index (χ4v) is 6.54. The highest BCUT2D eigenvalue weighted by Crippen LogP contribution is 2.39. The Morgan fingerprint density at radius 3 is 2.54 bits per heavy atom. The Morgan fingerprint density at radius 2 is 1.88 bits per heavy atom. The first-order valence-corrected chi connectivity index (χ1v) is 15.1. The number of rotatable bonds is 10. The van der Waals surface area contributed by atoms with Gasteiger partial charge in [0.05, 0.1) is 6.42 Å². The maximum Gasteiger partial charge on any atom is 0.304 e. The molecule has 2 saturated heterocycles. The molecule has 0 bridgehead atoms. The number of hydrogen-bond donors (Lipinski definition) is 1. The van der Waals surface area contributed by atoms with Crippen LogP contribution in [0.25, 0.3) is 22.5 Å². The molecule has 41 heavy (non-hydrogen) atoms. The number of aromatic nitrogens is 3. The summed E-state index contributed by atoms with van der Waals surface area (Å²) in [6.45, 7) is 1.99. The van der Waals surface area contributed by atoms with Crippen molar-refractivity contribution in [2.75, 3.05) is 29.6 Å². The topological polar surface area (TPSA) is 126 Å². The molecule has 2 amide bonds. The molecule has 3 aliphatic rings. The summed E-state index contributed by atoms with van der Waals surface area (Å²) in [6, 6.07) is 11.6. The zero-order chi connectivity index (χ0) is 28.3. The van der Waals surface area contributed by atoms with Gasteiger partial charge in [0.2, 0.25) is 16.9 Å². The van der Waals surface area contributed by atoms with Crippen LogP contribution in [-0.4, -0.2) is 63.0 Å². The van der Waals surface area contributed by atoms with Crippen molar-refractivity contribution in [2.24, 2.45) is 11.8 Å². The normalized spacial score (nSPS) is 18.4. The second-order valence-corrected chi connectivity index (χ2v) is 11.8. The van der Waals surface area contributed by atoms with E-state index in [4.69, 9.17) is 9.72 Å². The number of carbonyl (C=O) groups excluding carboxylic acids is 2. The van der Waals surface area contributed by atoms with Gasteiger partial charge in [0.25, 0.3) is 0 Å². The summed E-state index contributed by atoms with van der Waals surface area (Å²) in [5, 5.41) is 10.1. The lowest BCUT2D eigenvalue weighted by molar-refractivity contribution is -0.141. The number of amides is 2. The second-order valence-electron chi connectivity index (χ2n) is 11.0. The third kappa shape index (κ3) is 6.15. The molecular formula is C30H33N5O5S. The summed E-state index contributed by atoms with van der Waals surface area (Å²) in [5.41, 5.74) is 2.59. The minimum Gasteiger partial charge on any atom is -0.481 e. The first-order valence-electron chi connectivity index (χ1n) is 14.3. The van der Waals surface area contributed by atoms with Crippen molar-refractivity contribution in [1.29, 1.82) is 0 Å². The second kappa shape index (κ2) is 12.0. The number of benzene rings is 1. The van der Waals surface area contributed by atoms with Crippen LogP contribution in [0.15, 0.2) is 42.6 Å². The summed E-state index contributed by atoms with van der Waals surface area (Å²) in [7, 11) is 0. The summed E-state index contributed by atoms with van der Waals surface area (Å²) in [6.07, 6.45) is 6.93. The van der Waals surface area contributed by atoms with Gasteiger partial charge in [-0.1, -0.05) is 24.3 Å². The van der Waals surface area contributed by atoms with Crippen LogP contribution in [0.2, 0.25) is 0 Å². The lowest BCUT2D eigenvalue weighted by Crippen LogP contribution is -2.40. The third-order valence-corrected chi connectivity index (χ3v) is 8.79. The quantitative estimate of drug-likeness (QED) is 0.366. The van der Waals surface area contributed by atoms with E-state index in [1.54, 1.807) is 16.0 Å². The average molecular weight is 576 g/mol. The van der Waals surface area contributed by atoms with Crippen molar-refractivity contribution in [3.05, 3.63) is 42.6 Å². The van der Waals surface area contributed by atoms with Crippen LogP contribution >= 0.6 is 11.5 Å². The van der Waals surface area contributed by atoms with Gasteiger partial charge in [0.15, 0.2) is 5.82 Å². The highest BCUT2D eigenvalue weighted by atomic mass is 32.1. The molecule has 6 rings (SSSR count). The van der Waals surface area contributed by atoms with Crippen molar-refractivity contribution < 1.29 is 24.2 Å². The molecule has 1 N–H and O–H groups in total. The maximum absolute atomic E-state index is 13.9. The SMILES string of the molecule is O=C(O)CC(CC1CCOCC1)C(=O)N(c1nc(-c2ccccc2-c2ccc(N3CCCC3=O)nc2)ns1)C1CC1. The Labute approximate surface area is 242 Å². The highest BCUT2D eigenvalue weighted by Gasteiger charge is 2.40. The number of hydrogen-bond acceptors (Lipinski definition) is 8. The van der Waals surface area contributed by atoms with E-state index in [0.717, 1.165) is 48.8 Å². The van der Waals surface area contributed by atoms with Crippen LogP contribution in [0.4, 0.5) is 10.9 Å². The van der Waals surface area contributed by atoms with Crippen LogP contribution in [0.1, 0.15) is 51.4 Å². The van der Waals surface area contributed by atoms with Crippen LogP contribution in [-0.2, 0) is 19.1 Å². The number of carbonyl (C=O) groups is 3. The van der Waals surface area contributed by atoms with E-state index in [1.807, 2.05) is 36.4 Å². The molecule has 0 radical (unpaired) electrons. The molecule has 3 fully saturated rings. The molecule has 3 aromatic rings. The fourth-order valence-electron chi connectivity index (χ4n) is 5.77. The number of anilines is 2. The molecular weight excluding hydrogens is 542 g/mol. The van der Waals surface area contributed by atoms with Gasteiger partial charge in [-0.2, -0.15) is 9.36 Å². The van der Waals surface area contributed by atoms with Crippen LogP contribution in [0.3, 0.4) is 0 Å².